The van der Waals surface area contributed by atoms with E-state index in [1.165, 1.54) is 91.4 Å². The smallest absolute Gasteiger partial charge is 0.239 e. The number of benzene rings is 1. The van der Waals surface area contributed by atoms with E-state index >= 15 is 0 Å². The predicted octanol–water partition coefficient (Wildman–Crippen LogP) is 6.76. The van der Waals surface area contributed by atoms with Gasteiger partial charge in [0.05, 0.1) is 17.7 Å². The molecule has 0 radical (unpaired) electrons. The third-order valence-corrected chi connectivity index (χ3v) is 9.13. The molecule has 3 rings (SSSR count). The van der Waals surface area contributed by atoms with Gasteiger partial charge in [-0.2, -0.15) is 0 Å². The van der Waals surface area contributed by atoms with Crippen molar-refractivity contribution in [1.82, 2.24) is 10.6 Å². The third-order valence-electron chi connectivity index (χ3n) is 9.13. The van der Waals surface area contributed by atoms with E-state index in [0.717, 1.165) is 25.3 Å². The molecule has 0 saturated carbocycles. The molecule has 0 saturated heterocycles. The quantitative estimate of drug-likeness (QED) is 0.0573. The summed E-state index contributed by atoms with van der Waals surface area (Å²) in [4.78, 5) is 51.7. The number of phenolic OH excluding ortho intramolecular Hbond substituents is 2. The third kappa shape index (κ3) is 8.35. The standard InChI is InChI=1S/C36H52N2O7/c1-6-7-8-9-10-11-12-13-14-15-16-17-18-19-20-37-28(41)22-38-24(3)29-26(40)21-27-36(5,35(29)44)31-33(43)23(2)32(42)30(25(4)39)34(31)45-27/h21,38,42-43H,6-20,22H2,1-5H3,(H,37,41)/b29-24+/t36-/m0/s1. The van der Waals surface area contributed by atoms with Crippen molar-refractivity contribution in [2.24, 2.45) is 0 Å². The Bertz CT molecular complexity index is 1340. The lowest BCUT2D eigenvalue weighted by Crippen LogP contribution is -2.42. The molecule has 1 aliphatic heterocycles. The molecule has 9 heteroatoms. The number of hydrogen-bond donors (Lipinski definition) is 4. The molecule has 1 amide bonds. The van der Waals surface area contributed by atoms with Crippen LogP contribution in [0.1, 0.15) is 139 Å². The van der Waals surface area contributed by atoms with Crippen molar-refractivity contribution in [3.8, 4) is 17.2 Å². The van der Waals surface area contributed by atoms with Crippen molar-refractivity contribution in [2.45, 2.75) is 130 Å². The number of allylic oxidation sites excluding steroid dienone is 4. The second-order valence-corrected chi connectivity index (χ2v) is 12.7. The number of ether oxygens (including phenoxy) is 1. The van der Waals surface area contributed by atoms with Crippen molar-refractivity contribution in [2.75, 3.05) is 13.1 Å². The van der Waals surface area contributed by atoms with Gasteiger partial charge in [0.25, 0.3) is 0 Å². The van der Waals surface area contributed by atoms with Gasteiger partial charge in [0.15, 0.2) is 17.3 Å². The molecule has 45 heavy (non-hydrogen) atoms. The molecule has 0 fully saturated rings. The topological polar surface area (TPSA) is 142 Å². The number of carbonyl (C=O) groups excluding carboxylic acids is 4. The van der Waals surface area contributed by atoms with Crippen LogP contribution in [0.25, 0.3) is 0 Å². The van der Waals surface area contributed by atoms with Crippen LogP contribution < -0.4 is 15.4 Å². The maximum atomic E-state index is 13.8. The minimum absolute atomic E-state index is 0.0299. The normalized spacial score (nSPS) is 18.2. The predicted molar refractivity (Wildman–Crippen MR) is 175 cm³/mol. The van der Waals surface area contributed by atoms with Gasteiger partial charge in [0.2, 0.25) is 5.91 Å². The summed E-state index contributed by atoms with van der Waals surface area (Å²) in [5.41, 5.74) is -1.62. The number of nitrogens with one attached hydrogen (secondary N) is 2. The highest BCUT2D eigenvalue weighted by Gasteiger charge is 2.56. The Kier molecular flexibility index (Phi) is 13.2. The molecule has 1 aliphatic carbocycles. The fourth-order valence-corrected chi connectivity index (χ4v) is 6.27. The van der Waals surface area contributed by atoms with Gasteiger partial charge >= 0.3 is 0 Å². The largest absolute Gasteiger partial charge is 0.507 e. The first-order valence-corrected chi connectivity index (χ1v) is 16.8. The molecule has 2 aliphatic rings. The zero-order chi connectivity index (χ0) is 33.1. The average Bonchev–Trinajstić information content (AvgIpc) is 3.29. The highest BCUT2D eigenvalue weighted by molar-refractivity contribution is 6.31. The van der Waals surface area contributed by atoms with Gasteiger partial charge in [-0.25, -0.2) is 0 Å². The van der Waals surface area contributed by atoms with Crippen LogP contribution in [0.15, 0.2) is 23.1 Å². The lowest BCUT2D eigenvalue weighted by atomic mass is 9.70. The van der Waals surface area contributed by atoms with Crippen LogP contribution in [0.2, 0.25) is 0 Å². The van der Waals surface area contributed by atoms with Gasteiger partial charge in [-0.05, 0) is 34.1 Å². The van der Waals surface area contributed by atoms with Crippen molar-refractivity contribution in [1.29, 1.82) is 0 Å². The number of fused-ring (bicyclic) bond motifs is 3. The Hall–Kier alpha value is -3.62. The number of unbranched alkanes of at least 4 members (excludes halogenated alkanes) is 13. The first-order chi connectivity index (χ1) is 21.5. The summed E-state index contributed by atoms with van der Waals surface area (Å²) in [6.45, 7) is 8.44. The highest BCUT2D eigenvalue weighted by Crippen LogP contribution is 2.57. The number of rotatable bonds is 19. The first-order valence-electron chi connectivity index (χ1n) is 16.8. The molecule has 0 bridgehead atoms. The summed E-state index contributed by atoms with van der Waals surface area (Å²) in [5.74, 6) is -2.98. The van der Waals surface area contributed by atoms with E-state index in [0.29, 0.717) is 6.54 Å². The molecular weight excluding hydrogens is 572 g/mol. The summed E-state index contributed by atoms with van der Waals surface area (Å²) < 4.78 is 5.78. The molecule has 9 nitrogen and oxygen atoms in total. The summed E-state index contributed by atoms with van der Waals surface area (Å²) >= 11 is 0. The zero-order valence-electron chi connectivity index (χ0n) is 27.8. The fraction of sp³-hybridized carbons (Fsp3) is 0.611. The lowest BCUT2D eigenvalue weighted by Gasteiger charge is -2.29. The van der Waals surface area contributed by atoms with E-state index in [9.17, 15) is 29.4 Å². The monoisotopic (exact) mass is 624 g/mol. The molecule has 248 valence electrons. The van der Waals surface area contributed by atoms with Crippen LogP contribution in [-0.2, 0) is 19.8 Å². The van der Waals surface area contributed by atoms with E-state index in [2.05, 4.69) is 17.6 Å². The minimum Gasteiger partial charge on any atom is -0.507 e. The number of ketones is 3. The molecule has 1 aromatic rings. The second kappa shape index (κ2) is 16.6. The average molecular weight is 625 g/mol. The number of amides is 1. The van der Waals surface area contributed by atoms with Gasteiger partial charge in [0.1, 0.15) is 34.0 Å². The van der Waals surface area contributed by atoms with Crippen molar-refractivity contribution < 1.29 is 34.1 Å². The Labute approximate surface area is 267 Å². The molecule has 0 aromatic heterocycles. The number of carbonyl (C=O) groups is 4. The Balaban J connectivity index is 1.45. The van der Waals surface area contributed by atoms with Crippen LogP contribution in [-0.4, -0.2) is 46.6 Å². The molecule has 1 aromatic carbocycles. The molecular formula is C36H52N2O7. The summed E-state index contributed by atoms with van der Waals surface area (Å²) in [6.07, 6.45) is 18.9. The van der Waals surface area contributed by atoms with E-state index in [4.69, 9.17) is 4.74 Å². The number of phenols is 2. The maximum Gasteiger partial charge on any atom is 0.239 e. The van der Waals surface area contributed by atoms with Crippen LogP contribution >= 0.6 is 0 Å². The first kappa shape index (κ1) is 35.9. The SMILES string of the molecule is CCCCCCCCCCCCCCCCNC(=O)CN/C(C)=C1\C(=O)C=C2Oc3c(C(C)=O)c(O)c(C)c(O)c3[C@@]2(C)C1=O. The maximum absolute atomic E-state index is 13.8. The summed E-state index contributed by atoms with van der Waals surface area (Å²) in [5, 5.41) is 27.2. The van der Waals surface area contributed by atoms with Gasteiger partial charge in [-0.3, -0.25) is 19.2 Å². The summed E-state index contributed by atoms with van der Waals surface area (Å²) in [6, 6.07) is 0. The lowest BCUT2D eigenvalue weighted by molar-refractivity contribution is -0.124. The van der Waals surface area contributed by atoms with Gasteiger partial charge in [-0.15, -0.1) is 0 Å². The fourth-order valence-electron chi connectivity index (χ4n) is 6.27. The number of hydrogen-bond acceptors (Lipinski definition) is 8. The molecule has 0 spiro atoms. The van der Waals surface area contributed by atoms with Crippen LogP contribution in [0, 0.1) is 6.92 Å². The van der Waals surface area contributed by atoms with Crippen molar-refractivity contribution in [3.05, 3.63) is 39.8 Å². The molecule has 1 atom stereocenters. The Morgan fingerprint density at radius 2 is 1.36 bits per heavy atom. The zero-order valence-corrected chi connectivity index (χ0v) is 27.8. The van der Waals surface area contributed by atoms with Crippen LogP contribution in [0.4, 0.5) is 0 Å². The van der Waals surface area contributed by atoms with Crippen LogP contribution in [0.5, 0.6) is 17.2 Å². The molecule has 0 unspecified atom stereocenters. The molecule has 4 N–H and O–H groups in total. The molecule has 1 heterocycles. The van der Waals surface area contributed by atoms with E-state index in [-0.39, 0.29) is 57.7 Å². The number of Topliss-reactive ketones (excluding diaryl/α,β-unsaturated/α-hetero) is 2. The highest BCUT2D eigenvalue weighted by atomic mass is 16.5. The van der Waals surface area contributed by atoms with Gasteiger partial charge in [-0.1, -0.05) is 90.4 Å². The Morgan fingerprint density at radius 3 is 1.89 bits per heavy atom. The van der Waals surface area contributed by atoms with E-state index < -0.39 is 28.5 Å². The van der Waals surface area contributed by atoms with E-state index in [1.54, 1.807) is 6.92 Å². The van der Waals surface area contributed by atoms with Crippen molar-refractivity contribution in [3.63, 3.8) is 0 Å². The summed E-state index contributed by atoms with van der Waals surface area (Å²) in [7, 11) is 0. The van der Waals surface area contributed by atoms with Gasteiger partial charge < -0.3 is 25.6 Å². The van der Waals surface area contributed by atoms with Gasteiger partial charge in [0, 0.05) is 23.9 Å². The van der Waals surface area contributed by atoms with Crippen LogP contribution in [0.3, 0.4) is 0 Å². The Morgan fingerprint density at radius 1 is 0.822 bits per heavy atom. The minimum atomic E-state index is -1.59. The van der Waals surface area contributed by atoms with E-state index in [1.807, 2.05) is 0 Å². The number of aromatic hydroxyl groups is 2. The second-order valence-electron chi connectivity index (χ2n) is 12.7. The van der Waals surface area contributed by atoms with Crippen molar-refractivity contribution >= 4 is 23.3 Å².